The van der Waals surface area contributed by atoms with Crippen LogP contribution in [-0.2, 0) is 25.6 Å². The third-order valence-corrected chi connectivity index (χ3v) is 5.30. The van der Waals surface area contributed by atoms with Crippen LogP contribution in [0.25, 0.3) is 0 Å². The molecule has 0 saturated carbocycles. The van der Waals surface area contributed by atoms with E-state index in [1.54, 1.807) is 26.0 Å². The van der Waals surface area contributed by atoms with E-state index in [0.717, 1.165) is 0 Å². The molecular weight excluding hydrogens is 404 g/mol. The number of hydrogen-bond acceptors (Lipinski definition) is 6. The smallest absolute Gasteiger partial charge is 0.326 e. The van der Waals surface area contributed by atoms with Crippen LogP contribution in [-0.4, -0.2) is 70.0 Å². The van der Waals surface area contributed by atoms with Crippen LogP contribution >= 0.6 is 0 Å². The zero-order valence-electron chi connectivity index (χ0n) is 17.7. The summed E-state index contributed by atoms with van der Waals surface area (Å²) in [5.41, 5.74) is 6.39. The highest BCUT2D eigenvalue weighted by Gasteiger charge is 2.36. The first-order chi connectivity index (χ1) is 14.6. The Balaban J connectivity index is 1.97. The van der Waals surface area contributed by atoms with Gasteiger partial charge in [-0.3, -0.25) is 14.4 Å². The molecule has 0 aliphatic carbocycles. The number of carbonyl (C=O) groups excluding carboxylic acids is 3. The normalized spacial score (nSPS) is 17.8. The van der Waals surface area contributed by atoms with Crippen LogP contribution in [0.5, 0.6) is 5.75 Å². The Kier molecular flexibility index (Phi) is 8.38. The Hall–Kier alpha value is -3.14. The molecule has 3 atom stereocenters. The van der Waals surface area contributed by atoms with Gasteiger partial charge in [-0.15, -0.1) is 0 Å². The molecule has 2 rings (SSSR count). The first-order valence-corrected chi connectivity index (χ1v) is 10.2. The van der Waals surface area contributed by atoms with Gasteiger partial charge in [0.1, 0.15) is 17.8 Å². The molecule has 1 fully saturated rings. The molecule has 1 heterocycles. The molecular formula is C21H30N4O6. The molecule has 10 nitrogen and oxygen atoms in total. The summed E-state index contributed by atoms with van der Waals surface area (Å²) in [5.74, 6) is -2.65. The first kappa shape index (κ1) is 24.1. The number of carboxylic acids is 1. The average Bonchev–Trinajstić information content (AvgIpc) is 3.22. The van der Waals surface area contributed by atoms with Crippen molar-refractivity contribution in [2.24, 2.45) is 11.7 Å². The van der Waals surface area contributed by atoms with Crippen molar-refractivity contribution < 1.29 is 29.4 Å². The summed E-state index contributed by atoms with van der Waals surface area (Å²) in [4.78, 5) is 50.2. The zero-order chi connectivity index (χ0) is 23.1. The van der Waals surface area contributed by atoms with Gasteiger partial charge in [-0.1, -0.05) is 26.0 Å². The van der Waals surface area contributed by atoms with Crippen LogP contribution in [0.2, 0.25) is 0 Å². The van der Waals surface area contributed by atoms with Crippen LogP contribution in [0.1, 0.15) is 32.3 Å². The van der Waals surface area contributed by atoms with Crippen molar-refractivity contribution in [1.82, 2.24) is 15.5 Å². The Morgan fingerprint density at radius 1 is 1.19 bits per heavy atom. The predicted octanol–water partition coefficient (Wildman–Crippen LogP) is -0.405. The van der Waals surface area contributed by atoms with E-state index in [2.05, 4.69) is 10.6 Å². The van der Waals surface area contributed by atoms with Crippen LogP contribution in [0.15, 0.2) is 24.3 Å². The van der Waals surface area contributed by atoms with Gasteiger partial charge in [-0.05, 0) is 36.5 Å². The van der Waals surface area contributed by atoms with Crippen LogP contribution in [0.3, 0.4) is 0 Å². The van der Waals surface area contributed by atoms with Crippen molar-refractivity contribution in [3.05, 3.63) is 29.8 Å². The van der Waals surface area contributed by atoms with E-state index < -0.39 is 41.8 Å². The van der Waals surface area contributed by atoms with Gasteiger partial charge in [0.25, 0.3) is 0 Å². The highest BCUT2D eigenvalue weighted by atomic mass is 16.4. The molecule has 0 aromatic heterocycles. The van der Waals surface area contributed by atoms with Crippen molar-refractivity contribution in [1.29, 1.82) is 0 Å². The molecule has 1 saturated heterocycles. The number of carboxylic acid groups (broad SMARTS) is 1. The maximum atomic E-state index is 12.7. The Morgan fingerprint density at radius 3 is 2.42 bits per heavy atom. The van der Waals surface area contributed by atoms with Gasteiger partial charge in [0.15, 0.2) is 0 Å². The summed E-state index contributed by atoms with van der Waals surface area (Å²) in [6.07, 6.45) is 1.03. The quantitative estimate of drug-likeness (QED) is 0.353. The lowest BCUT2D eigenvalue weighted by Crippen LogP contribution is -2.53. The van der Waals surface area contributed by atoms with E-state index in [1.807, 2.05) is 0 Å². The van der Waals surface area contributed by atoms with Gasteiger partial charge in [0.05, 0.1) is 12.6 Å². The summed E-state index contributed by atoms with van der Waals surface area (Å²) in [6, 6.07) is 3.31. The number of aliphatic carboxylic acids is 1. The molecule has 3 amide bonds. The monoisotopic (exact) mass is 434 g/mol. The third kappa shape index (κ3) is 6.68. The summed E-state index contributed by atoms with van der Waals surface area (Å²) < 4.78 is 0. The lowest BCUT2D eigenvalue weighted by molar-refractivity contribution is -0.144. The fourth-order valence-electron chi connectivity index (χ4n) is 3.36. The maximum Gasteiger partial charge on any atom is 0.326 e. The number of likely N-dealkylation sites (tertiary alicyclic amines) is 1. The van der Waals surface area contributed by atoms with Crippen molar-refractivity contribution in [3.8, 4) is 5.75 Å². The molecule has 6 N–H and O–H groups in total. The van der Waals surface area contributed by atoms with E-state index in [-0.39, 0.29) is 24.6 Å². The molecule has 1 aromatic carbocycles. The Labute approximate surface area is 180 Å². The number of nitrogens with zero attached hydrogens (tertiary/aromatic N) is 1. The Morgan fingerprint density at radius 2 is 1.84 bits per heavy atom. The van der Waals surface area contributed by atoms with Gasteiger partial charge in [0, 0.05) is 13.0 Å². The second-order valence-corrected chi connectivity index (χ2v) is 8.00. The zero-order valence-corrected chi connectivity index (χ0v) is 17.7. The van der Waals surface area contributed by atoms with E-state index in [0.29, 0.717) is 24.9 Å². The number of phenols is 1. The lowest BCUT2D eigenvalue weighted by Gasteiger charge is -2.26. The van der Waals surface area contributed by atoms with Crippen LogP contribution in [0.4, 0.5) is 0 Å². The fourth-order valence-corrected chi connectivity index (χ4v) is 3.36. The molecule has 31 heavy (non-hydrogen) atoms. The summed E-state index contributed by atoms with van der Waals surface area (Å²) in [5, 5.41) is 23.8. The predicted molar refractivity (Wildman–Crippen MR) is 112 cm³/mol. The number of phenolic OH excluding ortho intramolecular Hbond substituents is 1. The number of nitrogens with one attached hydrogen (secondary N) is 2. The van der Waals surface area contributed by atoms with E-state index in [1.165, 1.54) is 17.0 Å². The SMILES string of the molecule is CC(C)C(N)C(=O)NCC(=O)N1CCCC1C(=O)NC(Cc1ccc(O)cc1)C(=O)O. The second-order valence-electron chi connectivity index (χ2n) is 8.00. The third-order valence-electron chi connectivity index (χ3n) is 5.30. The molecule has 0 radical (unpaired) electrons. The lowest BCUT2D eigenvalue weighted by atomic mass is 10.0. The number of nitrogens with two attached hydrogens (primary N) is 1. The maximum absolute atomic E-state index is 12.7. The van der Waals surface area contributed by atoms with Gasteiger partial charge in [-0.25, -0.2) is 4.79 Å². The van der Waals surface area contributed by atoms with Crippen molar-refractivity contribution >= 4 is 23.7 Å². The topological polar surface area (TPSA) is 162 Å². The van der Waals surface area contributed by atoms with Gasteiger partial charge < -0.3 is 31.5 Å². The number of amides is 3. The highest BCUT2D eigenvalue weighted by molar-refractivity contribution is 5.93. The standard InChI is InChI=1S/C21H30N4O6/c1-12(2)18(22)20(29)23-11-17(27)25-9-3-4-16(25)19(28)24-15(21(30)31)10-13-5-7-14(26)8-6-13/h5-8,12,15-16,18,26H,3-4,9-11,22H2,1-2H3,(H,23,29)(H,24,28)(H,30,31). The van der Waals surface area contributed by atoms with Crippen LogP contribution in [0, 0.1) is 5.92 Å². The molecule has 0 spiro atoms. The number of carbonyl (C=O) groups is 4. The minimum absolute atomic E-state index is 0.0329. The molecule has 1 aromatic rings. The van der Waals surface area contributed by atoms with Crippen molar-refractivity contribution in [2.45, 2.75) is 51.2 Å². The number of rotatable bonds is 9. The van der Waals surface area contributed by atoms with E-state index in [4.69, 9.17) is 5.73 Å². The minimum atomic E-state index is -1.20. The first-order valence-electron chi connectivity index (χ1n) is 10.2. The fraction of sp³-hybridized carbons (Fsp3) is 0.524. The van der Waals surface area contributed by atoms with Gasteiger partial charge >= 0.3 is 5.97 Å². The van der Waals surface area contributed by atoms with Gasteiger partial charge in [0.2, 0.25) is 17.7 Å². The summed E-state index contributed by atoms with van der Waals surface area (Å²) in [7, 11) is 0. The van der Waals surface area contributed by atoms with Crippen molar-refractivity contribution in [3.63, 3.8) is 0 Å². The van der Waals surface area contributed by atoms with E-state index >= 15 is 0 Å². The van der Waals surface area contributed by atoms with Gasteiger partial charge in [-0.2, -0.15) is 0 Å². The van der Waals surface area contributed by atoms with Crippen molar-refractivity contribution in [2.75, 3.05) is 13.1 Å². The molecule has 1 aliphatic heterocycles. The van der Waals surface area contributed by atoms with E-state index in [9.17, 15) is 29.4 Å². The summed E-state index contributed by atoms with van der Waals surface area (Å²) in [6.45, 7) is 3.66. The molecule has 10 heteroatoms. The second kappa shape index (κ2) is 10.8. The highest BCUT2D eigenvalue weighted by Crippen LogP contribution is 2.18. The molecule has 170 valence electrons. The van der Waals surface area contributed by atoms with Crippen LogP contribution < -0.4 is 16.4 Å². The molecule has 0 bridgehead atoms. The number of aromatic hydroxyl groups is 1. The number of hydrogen-bond donors (Lipinski definition) is 5. The average molecular weight is 434 g/mol. The summed E-state index contributed by atoms with van der Waals surface area (Å²) >= 11 is 0. The Bertz CT molecular complexity index is 811. The largest absolute Gasteiger partial charge is 0.508 e. The number of benzene rings is 1. The minimum Gasteiger partial charge on any atom is -0.508 e. The molecule has 1 aliphatic rings. The molecule has 3 unspecified atom stereocenters.